The van der Waals surface area contributed by atoms with Gasteiger partial charge in [0.05, 0.1) is 5.60 Å². The molecule has 0 bridgehead atoms. The molecule has 0 amide bonds. The average Bonchev–Trinajstić information content (AvgIpc) is 2.79. The highest BCUT2D eigenvalue weighted by atomic mass is 16.3. The van der Waals surface area contributed by atoms with Gasteiger partial charge in [-0.05, 0) is 86.9 Å². The summed E-state index contributed by atoms with van der Waals surface area (Å²) in [5.41, 5.74) is 1.64. The van der Waals surface area contributed by atoms with Gasteiger partial charge in [-0.2, -0.15) is 0 Å². The van der Waals surface area contributed by atoms with Crippen molar-refractivity contribution in [3.05, 3.63) is 11.6 Å². The van der Waals surface area contributed by atoms with E-state index in [4.69, 9.17) is 0 Å². The molecule has 0 spiro atoms. The molecule has 118 valence electrons. The smallest absolute Gasteiger partial charge is 0.0701 e. The molecule has 0 radical (unpaired) electrons. The van der Waals surface area contributed by atoms with Gasteiger partial charge in [-0.15, -0.1) is 0 Å². The molecule has 4 aliphatic carbocycles. The minimum absolute atomic E-state index is 0.197. The summed E-state index contributed by atoms with van der Waals surface area (Å²) in [7, 11) is 0. The van der Waals surface area contributed by atoms with Gasteiger partial charge in [-0.1, -0.05) is 31.9 Å². The Labute approximate surface area is 130 Å². The van der Waals surface area contributed by atoms with Crippen molar-refractivity contribution in [2.24, 2.45) is 29.1 Å². The lowest BCUT2D eigenvalue weighted by atomic mass is 9.51. The summed E-state index contributed by atoms with van der Waals surface area (Å²) in [6.45, 7) is 4.62. The first-order valence-electron chi connectivity index (χ1n) is 9.50. The molecular formula is C20H32O. The first-order chi connectivity index (χ1) is 10.1. The maximum Gasteiger partial charge on any atom is 0.0701 e. The molecule has 0 aromatic heterocycles. The van der Waals surface area contributed by atoms with E-state index in [0.29, 0.717) is 0 Å². The third kappa shape index (κ3) is 1.85. The monoisotopic (exact) mass is 288 g/mol. The van der Waals surface area contributed by atoms with Crippen LogP contribution in [0.3, 0.4) is 0 Å². The molecule has 4 rings (SSSR count). The Kier molecular flexibility index (Phi) is 3.30. The number of hydrogen-bond donors (Lipinski definition) is 1. The predicted molar refractivity (Wildman–Crippen MR) is 86.9 cm³/mol. The summed E-state index contributed by atoms with van der Waals surface area (Å²) in [4.78, 5) is 0. The van der Waals surface area contributed by atoms with Crippen LogP contribution in [0.5, 0.6) is 0 Å². The second-order valence-electron chi connectivity index (χ2n) is 8.68. The molecule has 1 heteroatoms. The van der Waals surface area contributed by atoms with E-state index < -0.39 is 0 Å². The van der Waals surface area contributed by atoms with Crippen molar-refractivity contribution < 1.29 is 5.11 Å². The van der Waals surface area contributed by atoms with Crippen molar-refractivity contribution in [3.63, 3.8) is 0 Å². The molecule has 6 atom stereocenters. The van der Waals surface area contributed by atoms with Gasteiger partial charge < -0.3 is 5.11 Å². The van der Waals surface area contributed by atoms with Crippen molar-refractivity contribution in [2.45, 2.75) is 83.7 Å². The van der Waals surface area contributed by atoms with Crippen LogP contribution in [0.2, 0.25) is 0 Å². The summed E-state index contributed by atoms with van der Waals surface area (Å²) in [6.07, 6.45) is 15.6. The number of allylic oxidation sites excluding steroid dienone is 2. The molecule has 0 heterocycles. The zero-order chi connectivity index (χ0) is 14.7. The standard InChI is InChI=1S/C20H32O/c1-3-20(21)13-11-18-17-9-8-14-6-4-5-7-15(14)16(17)10-12-19(18,20)2/h8,15-18,21H,3-7,9-13H2,1-2H3/t15?,16-,17?,18+,19+,20+/m1/s1. The van der Waals surface area contributed by atoms with Crippen molar-refractivity contribution >= 4 is 0 Å². The van der Waals surface area contributed by atoms with E-state index in [2.05, 4.69) is 19.9 Å². The molecular weight excluding hydrogens is 256 g/mol. The minimum Gasteiger partial charge on any atom is -0.389 e. The Hall–Kier alpha value is -0.300. The van der Waals surface area contributed by atoms with Gasteiger partial charge in [0.2, 0.25) is 0 Å². The zero-order valence-electron chi connectivity index (χ0n) is 13.9. The van der Waals surface area contributed by atoms with Crippen LogP contribution in [-0.2, 0) is 0 Å². The van der Waals surface area contributed by atoms with Crippen molar-refractivity contribution in [1.82, 2.24) is 0 Å². The van der Waals surface area contributed by atoms with Gasteiger partial charge in [0.1, 0.15) is 0 Å². The van der Waals surface area contributed by atoms with Gasteiger partial charge >= 0.3 is 0 Å². The van der Waals surface area contributed by atoms with Crippen LogP contribution in [0, 0.1) is 29.1 Å². The highest BCUT2D eigenvalue weighted by Crippen LogP contribution is 2.65. The first kappa shape index (κ1) is 14.3. The van der Waals surface area contributed by atoms with Crippen LogP contribution in [0.4, 0.5) is 0 Å². The fraction of sp³-hybridized carbons (Fsp3) is 0.900. The Morgan fingerprint density at radius 1 is 1.14 bits per heavy atom. The Balaban J connectivity index is 1.65. The summed E-state index contributed by atoms with van der Waals surface area (Å²) in [6, 6.07) is 0. The maximum absolute atomic E-state index is 11.2. The van der Waals surface area contributed by atoms with Gasteiger partial charge in [-0.3, -0.25) is 0 Å². The lowest BCUT2D eigenvalue weighted by Gasteiger charge is -2.55. The molecule has 0 saturated heterocycles. The average molecular weight is 288 g/mol. The molecule has 4 aliphatic rings. The van der Waals surface area contributed by atoms with Crippen LogP contribution in [0.15, 0.2) is 11.6 Å². The van der Waals surface area contributed by atoms with Crippen LogP contribution < -0.4 is 0 Å². The molecule has 2 unspecified atom stereocenters. The van der Waals surface area contributed by atoms with Crippen LogP contribution in [0.25, 0.3) is 0 Å². The minimum atomic E-state index is -0.376. The van der Waals surface area contributed by atoms with Crippen molar-refractivity contribution in [1.29, 1.82) is 0 Å². The fourth-order valence-electron chi connectivity index (χ4n) is 6.94. The highest BCUT2D eigenvalue weighted by Gasteiger charge is 2.61. The summed E-state index contributed by atoms with van der Waals surface area (Å²) >= 11 is 0. The molecule has 1 N–H and O–H groups in total. The topological polar surface area (TPSA) is 20.2 Å². The molecule has 0 aliphatic heterocycles. The SMILES string of the molecule is CC[C@]1(O)CC[C@H]2C3CC=C4CCCCC4[C@H]3CC[C@@]21C. The van der Waals surface area contributed by atoms with Crippen LogP contribution in [-0.4, -0.2) is 10.7 Å². The van der Waals surface area contributed by atoms with E-state index in [-0.39, 0.29) is 11.0 Å². The second-order valence-corrected chi connectivity index (χ2v) is 8.68. The number of rotatable bonds is 1. The van der Waals surface area contributed by atoms with Crippen molar-refractivity contribution in [2.75, 3.05) is 0 Å². The Morgan fingerprint density at radius 2 is 2.00 bits per heavy atom. The summed E-state index contributed by atoms with van der Waals surface area (Å²) in [5.74, 6) is 3.51. The third-order valence-corrected chi connectivity index (χ3v) is 8.27. The van der Waals surface area contributed by atoms with Crippen LogP contribution in [0.1, 0.15) is 78.1 Å². The summed E-state index contributed by atoms with van der Waals surface area (Å²) < 4.78 is 0. The van der Waals surface area contributed by atoms with Crippen molar-refractivity contribution in [3.8, 4) is 0 Å². The lowest BCUT2D eigenvalue weighted by molar-refractivity contribution is -0.116. The molecule has 0 aromatic rings. The Bertz CT molecular complexity index is 453. The molecule has 3 fully saturated rings. The van der Waals surface area contributed by atoms with Crippen LogP contribution >= 0.6 is 0 Å². The van der Waals surface area contributed by atoms with E-state index >= 15 is 0 Å². The van der Waals surface area contributed by atoms with E-state index in [9.17, 15) is 5.11 Å². The maximum atomic E-state index is 11.2. The van der Waals surface area contributed by atoms with E-state index in [1.807, 2.05) is 5.57 Å². The predicted octanol–water partition coefficient (Wildman–Crippen LogP) is 5.09. The highest BCUT2D eigenvalue weighted by molar-refractivity contribution is 5.20. The molecule has 1 nitrogen and oxygen atoms in total. The largest absolute Gasteiger partial charge is 0.389 e. The van der Waals surface area contributed by atoms with E-state index in [0.717, 1.165) is 36.5 Å². The van der Waals surface area contributed by atoms with E-state index in [1.165, 1.54) is 51.4 Å². The molecule has 21 heavy (non-hydrogen) atoms. The molecule has 0 aromatic carbocycles. The fourth-order valence-corrected chi connectivity index (χ4v) is 6.94. The van der Waals surface area contributed by atoms with E-state index in [1.54, 1.807) is 0 Å². The number of hydrogen-bond acceptors (Lipinski definition) is 1. The zero-order valence-corrected chi connectivity index (χ0v) is 13.9. The number of aliphatic hydroxyl groups is 1. The number of fused-ring (bicyclic) bond motifs is 5. The second kappa shape index (κ2) is 4.85. The lowest BCUT2D eigenvalue weighted by Crippen LogP contribution is -2.52. The summed E-state index contributed by atoms with van der Waals surface area (Å²) in [5, 5.41) is 11.2. The quantitative estimate of drug-likeness (QED) is 0.666. The van der Waals surface area contributed by atoms with Gasteiger partial charge in [0.15, 0.2) is 0 Å². The van der Waals surface area contributed by atoms with Gasteiger partial charge in [-0.25, -0.2) is 0 Å². The normalized spacial score (nSPS) is 52.6. The van der Waals surface area contributed by atoms with Gasteiger partial charge in [0.25, 0.3) is 0 Å². The molecule has 3 saturated carbocycles. The Morgan fingerprint density at radius 3 is 2.81 bits per heavy atom. The van der Waals surface area contributed by atoms with Gasteiger partial charge in [0, 0.05) is 0 Å². The first-order valence-corrected chi connectivity index (χ1v) is 9.50. The third-order valence-electron chi connectivity index (χ3n) is 8.27.